The summed E-state index contributed by atoms with van der Waals surface area (Å²) in [5.41, 5.74) is 3.82. The lowest BCUT2D eigenvalue weighted by molar-refractivity contribution is -0.117. The maximum Gasteiger partial charge on any atom is 0.259 e. The lowest BCUT2D eigenvalue weighted by Gasteiger charge is -2.25. The molecule has 1 aliphatic heterocycles. The van der Waals surface area contributed by atoms with Crippen LogP contribution in [0.2, 0.25) is 0 Å². The van der Waals surface area contributed by atoms with Crippen molar-refractivity contribution in [3.63, 3.8) is 0 Å². The van der Waals surface area contributed by atoms with Crippen LogP contribution < -0.4 is 5.14 Å². The van der Waals surface area contributed by atoms with Gasteiger partial charge in [0.05, 0.1) is 24.8 Å². The lowest BCUT2D eigenvalue weighted by Crippen LogP contribution is -2.18. The predicted molar refractivity (Wildman–Crippen MR) is 132 cm³/mol. The molecule has 1 aromatic carbocycles. The van der Waals surface area contributed by atoms with Gasteiger partial charge in [0.1, 0.15) is 14.8 Å². The molecule has 1 amide bonds. The summed E-state index contributed by atoms with van der Waals surface area (Å²) >= 11 is 1.00. The van der Waals surface area contributed by atoms with Crippen molar-refractivity contribution in [2.45, 2.75) is 95.7 Å². The van der Waals surface area contributed by atoms with Crippen LogP contribution in [0.5, 0.6) is 0 Å². The van der Waals surface area contributed by atoms with E-state index in [1.807, 2.05) is 0 Å². The third kappa shape index (κ3) is 5.22. The van der Waals surface area contributed by atoms with Crippen molar-refractivity contribution in [1.29, 1.82) is 0 Å². The highest BCUT2D eigenvalue weighted by atomic mass is 32.2. The van der Waals surface area contributed by atoms with Crippen molar-refractivity contribution in [3.8, 4) is 0 Å². The molecular weight excluding hydrogens is 458 g/mol. The SMILES string of the molecule is CC(C)c1cc2c(c(C(C)C)c1CC(=O)N=[S@@](N)(=O)c1cnc(C(C)(C)O)s1)COC2(C)C. The van der Waals surface area contributed by atoms with Crippen molar-refractivity contribution in [2.24, 2.45) is 9.50 Å². The molecule has 182 valence electrons. The zero-order chi connectivity index (χ0) is 24.9. The van der Waals surface area contributed by atoms with Gasteiger partial charge in [0.25, 0.3) is 5.91 Å². The fourth-order valence-electron chi connectivity index (χ4n) is 4.30. The second-order valence-corrected chi connectivity index (χ2v) is 13.3. The molecule has 0 radical (unpaired) electrons. The van der Waals surface area contributed by atoms with Crippen LogP contribution in [0.1, 0.15) is 100 Å². The van der Waals surface area contributed by atoms with Gasteiger partial charge in [-0.05, 0) is 67.3 Å². The Morgan fingerprint density at radius 2 is 1.97 bits per heavy atom. The average molecular weight is 494 g/mol. The largest absolute Gasteiger partial charge is 0.383 e. The molecule has 0 unspecified atom stereocenters. The van der Waals surface area contributed by atoms with Crippen molar-refractivity contribution < 1.29 is 18.8 Å². The number of nitrogens with two attached hydrogens (primary N) is 1. The van der Waals surface area contributed by atoms with E-state index in [-0.39, 0.29) is 28.1 Å². The number of carbonyl (C=O) groups is 1. The first-order valence-corrected chi connectivity index (χ1v) is 13.5. The molecule has 0 spiro atoms. The van der Waals surface area contributed by atoms with E-state index >= 15 is 0 Å². The van der Waals surface area contributed by atoms with Crippen molar-refractivity contribution >= 4 is 27.2 Å². The maximum absolute atomic E-state index is 13.1. The number of aliphatic hydroxyl groups is 1. The van der Waals surface area contributed by atoms with Gasteiger partial charge in [-0.25, -0.2) is 14.3 Å². The standard InChI is InChI=1S/C24H35N3O4S2/c1-13(2)15-9-18-17(12-31-24(18,7)8)21(14(3)4)16(15)10-19(28)27-33(25,30)20-11-26-22(32-20)23(5,6)29/h9,11,13-14,29H,10,12H2,1-8H3,(H2,25,27,28,30)/t33-/m1/s1. The van der Waals surface area contributed by atoms with Gasteiger partial charge in [-0.1, -0.05) is 33.8 Å². The normalized spacial score (nSPS) is 17.3. The Labute approximate surface area is 201 Å². The Morgan fingerprint density at radius 1 is 1.33 bits per heavy atom. The molecule has 9 heteroatoms. The van der Waals surface area contributed by atoms with Crippen molar-refractivity contribution in [1.82, 2.24) is 4.98 Å². The van der Waals surface area contributed by atoms with Gasteiger partial charge in [-0.2, -0.15) is 0 Å². The monoisotopic (exact) mass is 493 g/mol. The summed E-state index contributed by atoms with van der Waals surface area (Å²) in [6.07, 6.45) is 1.34. The Morgan fingerprint density at radius 3 is 2.48 bits per heavy atom. The molecule has 1 aromatic heterocycles. The van der Waals surface area contributed by atoms with Crippen LogP contribution in [0.25, 0.3) is 0 Å². The van der Waals surface area contributed by atoms with Gasteiger partial charge >= 0.3 is 0 Å². The van der Waals surface area contributed by atoms with Crippen LogP contribution >= 0.6 is 11.3 Å². The van der Waals surface area contributed by atoms with E-state index < -0.39 is 21.4 Å². The van der Waals surface area contributed by atoms with E-state index in [1.165, 1.54) is 6.20 Å². The highest BCUT2D eigenvalue weighted by Gasteiger charge is 2.36. The van der Waals surface area contributed by atoms with Gasteiger partial charge in [0.15, 0.2) is 9.92 Å². The number of hydrogen-bond donors (Lipinski definition) is 2. The molecule has 1 atom stereocenters. The highest BCUT2D eigenvalue weighted by molar-refractivity contribution is 7.93. The van der Waals surface area contributed by atoms with Crippen LogP contribution in [-0.4, -0.2) is 20.2 Å². The van der Waals surface area contributed by atoms with Crippen LogP contribution in [0.3, 0.4) is 0 Å². The molecule has 2 heterocycles. The Kier molecular flexibility index (Phi) is 6.96. The first kappa shape index (κ1) is 26.0. The van der Waals surface area contributed by atoms with E-state index in [9.17, 15) is 14.1 Å². The average Bonchev–Trinajstić information content (AvgIpc) is 3.26. The van der Waals surface area contributed by atoms with Crippen LogP contribution in [0, 0.1) is 0 Å². The Balaban J connectivity index is 2.06. The number of hydrogen-bond acceptors (Lipinski definition) is 6. The molecule has 0 bridgehead atoms. The minimum atomic E-state index is -3.47. The topological polar surface area (TPSA) is 115 Å². The highest BCUT2D eigenvalue weighted by Crippen LogP contribution is 2.44. The Hall–Kier alpha value is -1.65. The number of carbonyl (C=O) groups excluding carboxylic acids is 1. The second-order valence-electron chi connectivity index (χ2n) is 10.3. The number of aromatic nitrogens is 1. The fourth-order valence-corrected chi connectivity index (χ4v) is 6.44. The number of benzene rings is 1. The lowest BCUT2D eigenvalue weighted by atomic mass is 9.79. The molecular formula is C24H35N3O4S2. The quantitative estimate of drug-likeness (QED) is 0.597. The van der Waals surface area contributed by atoms with E-state index in [0.29, 0.717) is 11.6 Å². The first-order valence-electron chi connectivity index (χ1n) is 11.1. The molecule has 3 N–H and O–H groups in total. The van der Waals surface area contributed by atoms with Gasteiger partial charge in [0.2, 0.25) is 0 Å². The zero-order valence-corrected chi connectivity index (χ0v) is 22.3. The number of thiazole rings is 1. The number of amides is 1. The molecule has 0 saturated heterocycles. The summed E-state index contributed by atoms with van der Waals surface area (Å²) in [7, 11) is -3.47. The molecule has 3 rings (SSSR count). The number of rotatable bonds is 6. The molecule has 0 saturated carbocycles. The van der Waals surface area contributed by atoms with Gasteiger partial charge in [-0.15, -0.1) is 15.7 Å². The van der Waals surface area contributed by atoms with E-state index in [1.54, 1.807) is 13.8 Å². The summed E-state index contributed by atoms with van der Waals surface area (Å²) in [5, 5.41) is 16.5. The third-order valence-electron chi connectivity index (χ3n) is 5.91. The zero-order valence-electron chi connectivity index (χ0n) is 20.7. The third-order valence-corrected chi connectivity index (χ3v) is 9.14. The molecule has 1 aliphatic rings. The van der Waals surface area contributed by atoms with Crippen molar-refractivity contribution in [2.75, 3.05) is 0 Å². The van der Waals surface area contributed by atoms with E-state index in [4.69, 9.17) is 9.88 Å². The summed E-state index contributed by atoms with van der Waals surface area (Å²) in [4.78, 5) is 17.2. The van der Waals surface area contributed by atoms with E-state index in [0.717, 1.165) is 39.2 Å². The van der Waals surface area contributed by atoms with Crippen LogP contribution in [0.15, 0.2) is 20.8 Å². The minimum Gasteiger partial charge on any atom is -0.383 e. The van der Waals surface area contributed by atoms with Crippen LogP contribution in [-0.2, 0) is 43.7 Å². The van der Waals surface area contributed by atoms with Crippen molar-refractivity contribution in [3.05, 3.63) is 45.1 Å². The number of ether oxygens (including phenoxy) is 1. The molecule has 33 heavy (non-hydrogen) atoms. The van der Waals surface area contributed by atoms with E-state index in [2.05, 4.69) is 57.0 Å². The summed E-state index contributed by atoms with van der Waals surface area (Å²) in [6, 6.07) is 2.15. The van der Waals surface area contributed by atoms with Gasteiger partial charge in [-0.3, -0.25) is 4.79 Å². The first-order chi connectivity index (χ1) is 15.0. The molecule has 0 fully saturated rings. The summed E-state index contributed by atoms with van der Waals surface area (Å²) < 4.78 is 23.3. The smallest absolute Gasteiger partial charge is 0.259 e. The maximum atomic E-state index is 13.1. The predicted octanol–water partition coefficient (Wildman–Crippen LogP) is 4.85. The second kappa shape index (κ2) is 8.85. The summed E-state index contributed by atoms with van der Waals surface area (Å²) in [5.74, 6) is -0.177. The number of nitrogens with zero attached hydrogens (tertiary/aromatic N) is 2. The summed E-state index contributed by atoms with van der Waals surface area (Å²) in [6.45, 7) is 16.2. The molecule has 0 aliphatic carbocycles. The van der Waals surface area contributed by atoms with Gasteiger partial charge in [0, 0.05) is 0 Å². The van der Waals surface area contributed by atoms with Gasteiger partial charge < -0.3 is 9.84 Å². The molecule has 2 aromatic rings. The van der Waals surface area contributed by atoms with Crippen LogP contribution in [0.4, 0.5) is 0 Å². The molecule has 7 nitrogen and oxygen atoms in total. The minimum absolute atomic E-state index is 0.0140. The Bertz CT molecular complexity index is 1200. The fraction of sp³-hybridized carbons (Fsp3) is 0.583. The number of fused-ring (bicyclic) bond motifs is 1.